The van der Waals surface area contributed by atoms with E-state index in [1.807, 2.05) is 13.1 Å². The summed E-state index contributed by atoms with van der Waals surface area (Å²) in [6.07, 6.45) is 1.70. The molecule has 5 heteroatoms. The zero-order chi connectivity index (χ0) is 13.1. The quantitative estimate of drug-likeness (QED) is 0.905. The summed E-state index contributed by atoms with van der Waals surface area (Å²) in [6.45, 7) is 2.35. The van der Waals surface area contributed by atoms with Crippen LogP contribution in [-0.4, -0.2) is 9.78 Å². The van der Waals surface area contributed by atoms with Gasteiger partial charge in [0.1, 0.15) is 11.6 Å². The van der Waals surface area contributed by atoms with Gasteiger partial charge in [0, 0.05) is 31.4 Å². The molecule has 1 aromatic carbocycles. The summed E-state index contributed by atoms with van der Waals surface area (Å²) >= 11 is 0. The zero-order valence-corrected chi connectivity index (χ0v) is 10.3. The molecule has 0 aliphatic carbocycles. The number of aryl methyl sites for hydroxylation is 1. The van der Waals surface area contributed by atoms with E-state index >= 15 is 0 Å². The Balaban J connectivity index is 2.06. The summed E-state index contributed by atoms with van der Waals surface area (Å²) in [5.74, 6) is -0.831. The monoisotopic (exact) mass is 251 g/mol. The molecule has 0 aliphatic heterocycles. The fourth-order valence-electron chi connectivity index (χ4n) is 1.79. The molecule has 0 radical (unpaired) electrons. The van der Waals surface area contributed by atoms with Gasteiger partial charge >= 0.3 is 0 Å². The van der Waals surface area contributed by atoms with E-state index < -0.39 is 11.6 Å². The third-order valence-electron chi connectivity index (χ3n) is 2.94. The number of nitrogens with one attached hydrogen (secondary N) is 1. The fraction of sp³-hybridized carbons (Fsp3) is 0.308. The first-order valence-electron chi connectivity index (χ1n) is 5.73. The van der Waals surface area contributed by atoms with E-state index in [2.05, 4.69) is 10.4 Å². The standard InChI is InChI=1S/C13H15F2N3/c1-9(12-7-10(14)3-4-13(12)15)16-8-11-5-6-17-18(11)2/h3-7,9,16H,8H2,1-2H3. The molecule has 1 aromatic heterocycles. The molecule has 0 spiro atoms. The highest BCUT2D eigenvalue weighted by atomic mass is 19.1. The van der Waals surface area contributed by atoms with Crippen molar-refractivity contribution >= 4 is 0 Å². The first kappa shape index (κ1) is 12.7. The molecule has 96 valence electrons. The maximum absolute atomic E-state index is 13.5. The predicted octanol–water partition coefficient (Wildman–Crippen LogP) is 2.55. The summed E-state index contributed by atoms with van der Waals surface area (Å²) in [5, 5.41) is 7.18. The molecule has 0 bridgehead atoms. The first-order chi connectivity index (χ1) is 8.58. The summed E-state index contributed by atoms with van der Waals surface area (Å²) in [5.41, 5.74) is 1.32. The SMILES string of the molecule is CC(NCc1ccnn1C)c1cc(F)ccc1F. The Morgan fingerprint density at radius 1 is 1.33 bits per heavy atom. The van der Waals surface area contributed by atoms with Crippen LogP contribution in [0.5, 0.6) is 0 Å². The molecular formula is C13H15F2N3. The Kier molecular flexibility index (Phi) is 3.72. The van der Waals surface area contributed by atoms with Crippen molar-refractivity contribution in [1.82, 2.24) is 15.1 Å². The van der Waals surface area contributed by atoms with Gasteiger partial charge in [0.15, 0.2) is 0 Å². The lowest BCUT2D eigenvalue weighted by atomic mass is 10.1. The average molecular weight is 251 g/mol. The van der Waals surface area contributed by atoms with Crippen LogP contribution in [-0.2, 0) is 13.6 Å². The summed E-state index contributed by atoms with van der Waals surface area (Å²) in [4.78, 5) is 0. The van der Waals surface area contributed by atoms with Gasteiger partial charge in [0.05, 0.1) is 5.69 Å². The molecule has 1 atom stereocenters. The Bertz CT molecular complexity index is 537. The molecule has 1 heterocycles. The number of benzene rings is 1. The minimum Gasteiger partial charge on any atom is -0.304 e. The molecule has 0 amide bonds. The zero-order valence-electron chi connectivity index (χ0n) is 10.3. The Morgan fingerprint density at radius 2 is 2.11 bits per heavy atom. The molecule has 1 unspecified atom stereocenters. The number of nitrogens with zero attached hydrogens (tertiary/aromatic N) is 2. The molecule has 18 heavy (non-hydrogen) atoms. The second kappa shape index (κ2) is 5.27. The summed E-state index contributed by atoms with van der Waals surface area (Å²) in [6, 6.07) is 5.09. The maximum atomic E-state index is 13.5. The van der Waals surface area contributed by atoms with Gasteiger partial charge in [-0.2, -0.15) is 5.10 Å². The predicted molar refractivity (Wildman–Crippen MR) is 64.8 cm³/mol. The first-order valence-corrected chi connectivity index (χ1v) is 5.73. The van der Waals surface area contributed by atoms with E-state index in [1.165, 1.54) is 6.07 Å². The van der Waals surface area contributed by atoms with Crippen molar-refractivity contribution in [3.8, 4) is 0 Å². The number of hydrogen-bond donors (Lipinski definition) is 1. The van der Waals surface area contributed by atoms with Crippen molar-refractivity contribution in [3.05, 3.63) is 53.4 Å². The van der Waals surface area contributed by atoms with Crippen molar-refractivity contribution in [2.24, 2.45) is 7.05 Å². The number of rotatable bonds is 4. The third kappa shape index (κ3) is 2.73. The lowest BCUT2D eigenvalue weighted by Crippen LogP contribution is -2.20. The van der Waals surface area contributed by atoms with Crippen LogP contribution < -0.4 is 5.32 Å². The fourth-order valence-corrected chi connectivity index (χ4v) is 1.79. The number of aromatic nitrogens is 2. The van der Waals surface area contributed by atoms with Gasteiger partial charge in [-0.1, -0.05) is 0 Å². The van der Waals surface area contributed by atoms with Gasteiger partial charge < -0.3 is 5.32 Å². The highest BCUT2D eigenvalue weighted by Crippen LogP contribution is 2.18. The van der Waals surface area contributed by atoms with Crippen molar-refractivity contribution in [1.29, 1.82) is 0 Å². The second-order valence-electron chi connectivity index (χ2n) is 4.21. The van der Waals surface area contributed by atoms with Gasteiger partial charge in [-0.25, -0.2) is 8.78 Å². The van der Waals surface area contributed by atoms with E-state index in [4.69, 9.17) is 0 Å². The average Bonchev–Trinajstić information content (AvgIpc) is 2.75. The lowest BCUT2D eigenvalue weighted by Gasteiger charge is -2.15. The van der Waals surface area contributed by atoms with Crippen molar-refractivity contribution in [2.75, 3.05) is 0 Å². The molecule has 0 aliphatic rings. The van der Waals surface area contributed by atoms with Crippen LogP contribution in [0, 0.1) is 11.6 Å². The van der Waals surface area contributed by atoms with Crippen LogP contribution in [0.1, 0.15) is 24.2 Å². The highest BCUT2D eigenvalue weighted by Gasteiger charge is 2.12. The third-order valence-corrected chi connectivity index (χ3v) is 2.94. The van der Waals surface area contributed by atoms with Crippen LogP contribution in [0.4, 0.5) is 8.78 Å². The van der Waals surface area contributed by atoms with Gasteiger partial charge in [0.25, 0.3) is 0 Å². The van der Waals surface area contributed by atoms with Gasteiger partial charge in [-0.3, -0.25) is 4.68 Å². The molecule has 2 aromatic rings. The smallest absolute Gasteiger partial charge is 0.128 e. The van der Waals surface area contributed by atoms with E-state index in [0.29, 0.717) is 12.1 Å². The van der Waals surface area contributed by atoms with Crippen LogP contribution in [0.15, 0.2) is 30.5 Å². The normalized spacial score (nSPS) is 12.7. The summed E-state index contributed by atoms with van der Waals surface area (Å²) in [7, 11) is 1.84. The minimum absolute atomic E-state index is 0.268. The van der Waals surface area contributed by atoms with Crippen LogP contribution >= 0.6 is 0 Å². The molecule has 3 nitrogen and oxygen atoms in total. The van der Waals surface area contributed by atoms with Crippen molar-refractivity contribution < 1.29 is 8.78 Å². The molecule has 0 saturated heterocycles. The number of hydrogen-bond acceptors (Lipinski definition) is 2. The topological polar surface area (TPSA) is 29.9 Å². The Morgan fingerprint density at radius 3 is 2.78 bits per heavy atom. The molecule has 2 rings (SSSR count). The second-order valence-corrected chi connectivity index (χ2v) is 4.21. The van der Waals surface area contributed by atoms with Crippen molar-refractivity contribution in [3.63, 3.8) is 0 Å². The molecule has 1 N–H and O–H groups in total. The molecular weight excluding hydrogens is 236 g/mol. The van der Waals surface area contributed by atoms with Crippen LogP contribution in [0.3, 0.4) is 0 Å². The largest absolute Gasteiger partial charge is 0.304 e. The van der Waals surface area contributed by atoms with Gasteiger partial charge in [0.2, 0.25) is 0 Å². The van der Waals surface area contributed by atoms with Crippen LogP contribution in [0.25, 0.3) is 0 Å². The lowest BCUT2D eigenvalue weighted by molar-refractivity contribution is 0.507. The van der Waals surface area contributed by atoms with Crippen LogP contribution in [0.2, 0.25) is 0 Å². The summed E-state index contributed by atoms with van der Waals surface area (Å²) < 4.78 is 28.4. The van der Waals surface area contributed by atoms with Crippen molar-refractivity contribution in [2.45, 2.75) is 19.5 Å². The minimum atomic E-state index is -0.430. The maximum Gasteiger partial charge on any atom is 0.128 e. The Labute approximate surface area is 104 Å². The van der Waals surface area contributed by atoms with E-state index in [1.54, 1.807) is 17.8 Å². The Hall–Kier alpha value is -1.75. The number of halogens is 2. The van der Waals surface area contributed by atoms with E-state index in [9.17, 15) is 8.78 Å². The van der Waals surface area contributed by atoms with Gasteiger partial charge in [-0.05, 0) is 31.2 Å². The van der Waals surface area contributed by atoms with E-state index in [0.717, 1.165) is 17.8 Å². The molecule has 0 fully saturated rings. The molecule has 0 saturated carbocycles. The van der Waals surface area contributed by atoms with E-state index in [-0.39, 0.29) is 6.04 Å². The highest BCUT2D eigenvalue weighted by molar-refractivity contribution is 5.22. The van der Waals surface area contributed by atoms with Gasteiger partial charge in [-0.15, -0.1) is 0 Å².